The monoisotopic (exact) mass is 773 g/mol. The molecule has 4 N–H and O–H groups in total. The Kier molecular flexibility index (Phi) is 32.0. The van der Waals surface area contributed by atoms with Crippen LogP contribution in [-0.4, -0.2) is 89.0 Å². The third-order valence-electron chi connectivity index (χ3n) is 8.89. The van der Waals surface area contributed by atoms with E-state index in [1.165, 1.54) is 44.9 Å². The summed E-state index contributed by atoms with van der Waals surface area (Å²) in [5, 5.41) is 40.0. The second kappa shape index (κ2) is 35.3. The molecule has 1 saturated heterocycles. The lowest BCUT2D eigenvalue weighted by Crippen LogP contribution is -2.59. The Balaban J connectivity index is 2.42. The Morgan fingerprint density at radius 2 is 1.16 bits per heavy atom. The molecule has 312 valence electrons. The number of hydrogen-bond acceptors (Lipinski definition) is 10. The molecule has 6 atom stereocenters. The number of carbonyl (C=O) groups is 2. The fourth-order valence-electron chi connectivity index (χ4n) is 5.60. The number of esters is 2. The number of unbranched alkanes of at least 4 members (excludes halogenated alkanes) is 11. The van der Waals surface area contributed by atoms with Crippen molar-refractivity contribution < 1.29 is 49.0 Å². The first-order valence-electron chi connectivity index (χ1n) is 20.7. The van der Waals surface area contributed by atoms with Crippen LogP contribution in [-0.2, 0) is 28.5 Å². The standard InChI is InChI=1S/C45H72O10/c1-3-5-7-9-11-13-15-17-18-19-20-22-23-25-27-29-31-33-40(47)52-36-38(37-53-45-44(51)43(50)42(49)39(35-46)55-45)54-41(48)34-32-30-28-26-24-21-16-14-12-10-8-6-4-2/h6,8,10-14,16-18,21,24,26,28,38-39,42-46,49-51H,3-5,7,9,15,19-20,22-23,25,27,29-37H2,1-2H3/b8-6+,12-10+,13-11+,16-14+,18-17+,24-21+,28-26+/t38?,39-,42+,43?,44?,45-/m0/s1. The molecular formula is C45H72O10. The van der Waals surface area contributed by atoms with E-state index in [4.69, 9.17) is 18.9 Å². The van der Waals surface area contributed by atoms with E-state index in [1.54, 1.807) is 0 Å². The zero-order valence-corrected chi connectivity index (χ0v) is 33.6. The number of hydrogen-bond donors (Lipinski definition) is 4. The molecule has 0 aliphatic carbocycles. The van der Waals surface area contributed by atoms with E-state index in [9.17, 15) is 30.0 Å². The van der Waals surface area contributed by atoms with Gasteiger partial charge >= 0.3 is 11.9 Å². The highest BCUT2D eigenvalue weighted by Crippen LogP contribution is 2.22. The molecule has 1 heterocycles. The number of carbonyl (C=O) groups excluding carboxylic acids is 2. The Bertz CT molecular complexity index is 1170. The predicted octanol–water partition coefficient (Wildman–Crippen LogP) is 8.21. The van der Waals surface area contributed by atoms with Gasteiger partial charge in [-0.25, -0.2) is 0 Å². The maximum atomic E-state index is 12.7. The first-order chi connectivity index (χ1) is 26.8. The fraction of sp³-hybridized carbons (Fsp3) is 0.644. The minimum absolute atomic E-state index is 0.127. The van der Waals surface area contributed by atoms with Crippen molar-refractivity contribution in [1.29, 1.82) is 0 Å². The van der Waals surface area contributed by atoms with Crippen LogP contribution in [0.5, 0.6) is 0 Å². The zero-order chi connectivity index (χ0) is 40.2. The van der Waals surface area contributed by atoms with E-state index in [0.29, 0.717) is 19.3 Å². The highest BCUT2D eigenvalue weighted by atomic mass is 16.7. The Labute approximate surface area is 331 Å². The van der Waals surface area contributed by atoms with Crippen molar-refractivity contribution in [2.75, 3.05) is 19.8 Å². The third-order valence-corrected chi connectivity index (χ3v) is 8.89. The average molecular weight is 773 g/mol. The molecule has 0 aromatic rings. The minimum Gasteiger partial charge on any atom is -0.462 e. The van der Waals surface area contributed by atoms with Crippen LogP contribution in [0.3, 0.4) is 0 Å². The number of ether oxygens (including phenoxy) is 4. The number of aliphatic hydroxyl groups excluding tert-OH is 4. The first-order valence-corrected chi connectivity index (χ1v) is 20.7. The van der Waals surface area contributed by atoms with Crippen molar-refractivity contribution in [3.63, 3.8) is 0 Å². The molecule has 0 saturated carbocycles. The van der Waals surface area contributed by atoms with Crippen LogP contribution in [0.2, 0.25) is 0 Å². The molecular weight excluding hydrogens is 700 g/mol. The van der Waals surface area contributed by atoms with Crippen molar-refractivity contribution in [3.05, 3.63) is 85.1 Å². The molecule has 0 bridgehead atoms. The van der Waals surface area contributed by atoms with Crippen molar-refractivity contribution in [1.82, 2.24) is 0 Å². The molecule has 1 fully saturated rings. The molecule has 0 aromatic heterocycles. The Morgan fingerprint density at radius 3 is 1.80 bits per heavy atom. The molecule has 1 rings (SSSR count). The summed E-state index contributed by atoms with van der Waals surface area (Å²) < 4.78 is 22.0. The molecule has 1 aliphatic heterocycles. The summed E-state index contributed by atoms with van der Waals surface area (Å²) in [4.78, 5) is 25.2. The maximum absolute atomic E-state index is 12.7. The van der Waals surface area contributed by atoms with Gasteiger partial charge in [0.1, 0.15) is 31.0 Å². The highest BCUT2D eigenvalue weighted by molar-refractivity contribution is 5.70. The minimum atomic E-state index is -1.61. The number of allylic oxidation sites excluding steroid dienone is 14. The van der Waals surface area contributed by atoms with E-state index in [0.717, 1.165) is 38.5 Å². The molecule has 3 unspecified atom stereocenters. The molecule has 0 amide bonds. The predicted molar refractivity (Wildman–Crippen MR) is 219 cm³/mol. The van der Waals surface area contributed by atoms with Crippen molar-refractivity contribution in [2.45, 2.75) is 166 Å². The van der Waals surface area contributed by atoms with Crippen LogP contribution >= 0.6 is 0 Å². The summed E-state index contributed by atoms with van der Waals surface area (Å²) in [6.45, 7) is 3.14. The molecule has 0 aromatic carbocycles. The Hall–Kier alpha value is -3.12. The molecule has 10 nitrogen and oxygen atoms in total. The number of rotatable bonds is 32. The van der Waals surface area contributed by atoms with E-state index in [2.05, 4.69) is 44.2 Å². The normalized spacial score (nSPS) is 21.5. The zero-order valence-electron chi connectivity index (χ0n) is 33.6. The van der Waals surface area contributed by atoms with Crippen LogP contribution in [0.4, 0.5) is 0 Å². The third kappa shape index (κ3) is 27.2. The summed E-state index contributed by atoms with van der Waals surface area (Å²) in [7, 11) is 0. The topological polar surface area (TPSA) is 152 Å². The molecule has 55 heavy (non-hydrogen) atoms. The lowest BCUT2D eigenvalue weighted by molar-refractivity contribution is -0.305. The van der Waals surface area contributed by atoms with E-state index in [-0.39, 0.29) is 26.1 Å². The largest absolute Gasteiger partial charge is 0.462 e. The summed E-state index contributed by atoms with van der Waals surface area (Å²) in [6, 6.07) is 0. The van der Waals surface area contributed by atoms with Crippen LogP contribution in [0.1, 0.15) is 129 Å². The number of aliphatic hydroxyl groups is 4. The van der Waals surface area contributed by atoms with Gasteiger partial charge in [-0.05, 0) is 57.8 Å². The Morgan fingerprint density at radius 1 is 0.600 bits per heavy atom. The second-order valence-corrected chi connectivity index (χ2v) is 13.8. The molecule has 0 radical (unpaired) electrons. The lowest BCUT2D eigenvalue weighted by atomic mass is 9.99. The van der Waals surface area contributed by atoms with Crippen molar-refractivity contribution in [3.8, 4) is 0 Å². The van der Waals surface area contributed by atoms with Crippen LogP contribution in [0, 0.1) is 0 Å². The van der Waals surface area contributed by atoms with Crippen molar-refractivity contribution >= 4 is 11.9 Å². The van der Waals surface area contributed by atoms with Crippen molar-refractivity contribution in [2.24, 2.45) is 0 Å². The lowest BCUT2D eigenvalue weighted by Gasteiger charge is -2.39. The summed E-state index contributed by atoms with van der Waals surface area (Å²) in [5.41, 5.74) is 0. The van der Waals surface area contributed by atoms with Crippen LogP contribution < -0.4 is 0 Å². The fourth-order valence-corrected chi connectivity index (χ4v) is 5.60. The molecule has 10 heteroatoms. The van der Waals surface area contributed by atoms with Gasteiger partial charge in [-0.15, -0.1) is 0 Å². The summed E-state index contributed by atoms with van der Waals surface area (Å²) in [6.07, 6.45) is 37.4. The molecule has 1 aliphatic rings. The summed E-state index contributed by atoms with van der Waals surface area (Å²) in [5.74, 6) is -0.913. The molecule has 0 spiro atoms. The van der Waals surface area contributed by atoms with Gasteiger partial charge in [0, 0.05) is 12.8 Å². The second-order valence-electron chi connectivity index (χ2n) is 13.8. The van der Waals surface area contributed by atoms with Gasteiger partial charge in [0.2, 0.25) is 0 Å². The summed E-state index contributed by atoms with van der Waals surface area (Å²) >= 11 is 0. The SMILES string of the molecule is CC/C=C/C=C/C=C/C=C/C=C/CCCC(=O)OC(COC(=O)CCCCCCCCC/C=C/C/C=C/CCCCC)CO[C@H]1O[C@@H](CO)[C@@H](O)C(O)C1O. The maximum Gasteiger partial charge on any atom is 0.306 e. The van der Waals surface area contributed by atoms with Gasteiger partial charge in [0.15, 0.2) is 12.4 Å². The van der Waals surface area contributed by atoms with Crippen LogP contribution in [0.15, 0.2) is 85.1 Å². The van der Waals surface area contributed by atoms with Gasteiger partial charge in [-0.2, -0.15) is 0 Å². The van der Waals surface area contributed by atoms with Gasteiger partial charge in [0.05, 0.1) is 13.2 Å². The van der Waals surface area contributed by atoms with Gasteiger partial charge in [-0.1, -0.05) is 144 Å². The van der Waals surface area contributed by atoms with E-state index < -0.39 is 55.4 Å². The van der Waals surface area contributed by atoms with E-state index in [1.807, 2.05) is 54.7 Å². The van der Waals surface area contributed by atoms with Gasteiger partial charge in [0.25, 0.3) is 0 Å². The highest BCUT2D eigenvalue weighted by Gasteiger charge is 2.44. The average Bonchev–Trinajstić information content (AvgIpc) is 3.18. The first kappa shape index (κ1) is 49.9. The smallest absolute Gasteiger partial charge is 0.306 e. The van der Waals surface area contributed by atoms with E-state index >= 15 is 0 Å². The van der Waals surface area contributed by atoms with Gasteiger partial charge in [-0.3, -0.25) is 9.59 Å². The quantitative estimate of drug-likeness (QED) is 0.0228. The van der Waals surface area contributed by atoms with Crippen LogP contribution in [0.25, 0.3) is 0 Å². The van der Waals surface area contributed by atoms with Gasteiger partial charge < -0.3 is 39.4 Å².